The number of allylic oxidation sites excluding steroid dienone is 1. The molecular formula is C32H33ClN5O2+. The van der Waals surface area contributed by atoms with Gasteiger partial charge in [0, 0.05) is 29.1 Å². The Morgan fingerprint density at radius 1 is 1.15 bits per heavy atom. The summed E-state index contributed by atoms with van der Waals surface area (Å²) in [5, 5.41) is 8.19. The molecule has 1 aliphatic rings. The van der Waals surface area contributed by atoms with Gasteiger partial charge in [0.2, 0.25) is 5.91 Å². The summed E-state index contributed by atoms with van der Waals surface area (Å²) in [6.07, 6.45) is 8.61. The highest BCUT2D eigenvalue weighted by molar-refractivity contribution is 6.68. The number of hydrogen-bond donors (Lipinski definition) is 2. The summed E-state index contributed by atoms with van der Waals surface area (Å²) in [6, 6.07) is 18.6. The standard InChI is InChI=1S/C32H32ClN5O2/c1-5-12-29-24(21-34-22(3)35-28-17-11-18-37(4)31(28)33)19-27(23-13-8-7-9-14-23)32(40)38(29)26-16-10-15-25(20-26)36-30(39)6-2/h6-10,12-17,19-21H,2,5,11,18H2,1,3-4H3,(H-,34,35,36,39,40)/p+1/b29-12-. The fraction of sp³-hybridized carbons (Fsp3) is 0.188. The number of carbonyl (C=O) groups is 1. The molecule has 0 spiro atoms. The molecule has 1 aromatic heterocycles. The molecule has 2 aromatic carbocycles. The van der Waals surface area contributed by atoms with Crippen molar-refractivity contribution < 1.29 is 9.37 Å². The maximum absolute atomic E-state index is 14.0. The molecule has 0 bridgehead atoms. The van der Waals surface area contributed by atoms with Crippen molar-refractivity contribution >= 4 is 46.5 Å². The smallest absolute Gasteiger partial charge is 0.292 e. The Labute approximate surface area is 238 Å². The number of nitrogens with one attached hydrogen (secondary N) is 2. The SMILES string of the molecule is C=CC(=O)Nc1cccc(-n2c(=O)c(-c3ccccc3)cc(=C/N=C(C)NC3=CCC[N+](C)=C3Cl)/c2=C/CC)c1. The molecular weight excluding hydrogens is 522 g/mol. The Morgan fingerprint density at radius 2 is 1.93 bits per heavy atom. The number of nitrogens with zero attached hydrogens (tertiary/aromatic N) is 3. The minimum absolute atomic E-state index is 0.175. The zero-order valence-corrected chi connectivity index (χ0v) is 23.7. The largest absolute Gasteiger partial charge is 0.338 e. The minimum Gasteiger partial charge on any atom is -0.338 e. The van der Waals surface area contributed by atoms with E-state index in [0.29, 0.717) is 39.7 Å². The van der Waals surface area contributed by atoms with Crippen LogP contribution in [0.2, 0.25) is 0 Å². The molecule has 40 heavy (non-hydrogen) atoms. The quantitative estimate of drug-likeness (QED) is 0.199. The average molecular weight is 555 g/mol. The number of benzene rings is 2. The molecule has 4 rings (SSSR count). The van der Waals surface area contributed by atoms with E-state index in [1.165, 1.54) is 6.08 Å². The van der Waals surface area contributed by atoms with Crippen LogP contribution in [0, 0.1) is 0 Å². The third-order valence-corrected chi connectivity index (χ3v) is 6.88. The zero-order valence-electron chi connectivity index (χ0n) is 22.9. The van der Waals surface area contributed by atoms with E-state index in [1.54, 1.807) is 29.0 Å². The van der Waals surface area contributed by atoms with Crippen molar-refractivity contribution in [3.63, 3.8) is 0 Å². The highest BCUT2D eigenvalue weighted by Crippen LogP contribution is 2.16. The summed E-state index contributed by atoms with van der Waals surface area (Å²) in [6.45, 7) is 8.28. The summed E-state index contributed by atoms with van der Waals surface area (Å²) in [5.41, 5.74) is 3.16. The first-order chi connectivity index (χ1) is 19.3. The first-order valence-electron chi connectivity index (χ1n) is 13.1. The lowest BCUT2D eigenvalue weighted by Crippen LogP contribution is -2.43. The molecule has 8 heteroatoms. The molecule has 0 radical (unpaired) electrons. The molecule has 1 aliphatic heterocycles. The molecule has 3 aromatic rings. The van der Waals surface area contributed by atoms with Gasteiger partial charge in [-0.15, -0.1) is 0 Å². The Balaban J connectivity index is 1.93. The van der Waals surface area contributed by atoms with Crippen LogP contribution in [0.4, 0.5) is 5.69 Å². The van der Waals surface area contributed by atoms with Crippen molar-refractivity contribution in [2.24, 2.45) is 4.99 Å². The Kier molecular flexibility index (Phi) is 9.30. The minimum atomic E-state index is -0.328. The van der Waals surface area contributed by atoms with Crippen LogP contribution in [0.1, 0.15) is 26.7 Å². The second-order valence-corrected chi connectivity index (χ2v) is 9.71. The Morgan fingerprint density at radius 3 is 2.65 bits per heavy atom. The highest BCUT2D eigenvalue weighted by Gasteiger charge is 2.18. The Bertz CT molecular complexity index is 1720. The molecule has 0 fully saturated rings. The van der Waals surface area contributed by atoms with Crippen molar-refractivity contribution in [3.05, 3.63) is 106 Å². The second-order valence-electron chi connectivity index (χ2n) is 9.35. The molecule has 204 valence electrons. The van der Waals surface area contributed by atoms with E-state index >= 15 is 0 Å². The lowest BCUT2D eigenvalue weighted by atomic mass is 10.1. The predicted octanol–water partition coefficient (Wildman–Crippen LogP) is 4.13. The van der Waals surface area contributed by atoms with Crippen molar-refractivity contribution in [2.75, 3.05) is 18.9 Å². The number of amidine groups is 1. The van der Waals surface area contributed by atoms with Crippen LogP contribution in [-0.4, -0.2) is 39.6 Å². The first-order valence-corrected chi connectivity index (χ1v) is 13.5. The number of amides is 1. The average Bonchev–Trinajstić information content (AvgIpc) is 2.96. The molecule has 1 amide bonds. The molecule has 0 atom stereocenters. The predicted molar refractivity (Wildman–Crippen MR) is 166 cm³/mol. The van der Waals surface area contributed by atoms with Gasteiger partial charge >= 0.3 is 0 Å². The lowest BCUT2D eigenvalue weighted by molar-refractivity contribution is -0.495. The van der Waals surface area contributed by atoms with Gasteiger partial charge in [-0.25, -0.2) is 9.57 Å². The van der Waals surface area contributed by atoms with Gasteiger partial charge < -0.3 is 10.6 Å². The van der Waals surface area contributed by atoms with Crippen molar-refractivity contribution in [1.29, 1.82) is 0 Å². The van der Waals surface area contributed by atoms with Gasteiger partial charge in [-0.3, -0.25) is 14.2 Å². The van der Waals surface area contributed by atoms with Gasteiger partial charge in [-0.2, -0.15) is 0 Å². The molecule has 0 unspecified atom stereocenters. The van der Waals surface area contributed by atoms with Crippen LogP contribution >= 0.6 is 11.6 Å². The lowest BCUT2D eigenvalue weighted by Gasteiger charge is -2.13. The molecule has 0 saturated heterocycles. The molecule has 2 N–H and O–H groups in total. The number of rotatable bonds is 7. The van der Waals surface area contributed by atoms with E-state index in [4.69, 9.17) is 16.6 Å². The number of carbonyl (C=O) groups excluding carboxylic acids is 1. The van der Waals surface area contributed by atoms with Gasteiger partial charge in [0.1, 0.15) is 25.1 Å². The van der Waals surface area contributed by atoms with Gasteiger partial charge in [-0.05, 0) is 66.9 Å². The van der Waals surface area contributed by atoms with Gasteiger partial charge in [0.05, 0.1) is 11.0 Å². The number of anilines is 1. The third-order valence-electron chi connectivity index (χ3n) is 6.39. The van der Waals surface area contributed by atoms with Crippen LogP contribution in [0.15, 0.2) is 94.9 Å². The fourth-order valence-corrected chi connectivity index (χ4v) is 4.65. The highest BCUT2D eigenvalue weighted by atomic mass is 35.5. The zero-order chi connectivity index (χ0) is 28.6. The van der Waals surface area contributed by atoms with Crippen molar-refractivity contribution in [2.45, 2.75) is 26.7 Å². The van der Waals surface area contributed by atoms with E-state index < -0.39 is 0 Å². The van der Waals surface area contributed by atoms with Crippen molar-refractivity contribution in [3.8, 4) is 16.8 Å². The van der Waals surface area contributed by atoms with E-state index in [0.717, 1.165) is 29.4 Å². The number of hydrogen-bond acceptors (Lipinski definition) is 3. The third kappa shape index (κ3) is 6.55. The van der Waals surface area contributed by atoms with E-state index in [2.05, 4.69) is 23.3 Å². The van der Waals surface area contributed by atoms with Crippen LogP contribution in [0.5, 0.6) is 0 Å². The molecule has 0 aliphatic carbocycles. The molecule has 2 heterocycles. The number of aromatic nitrogens is 1. The van der Waals surface area contributed by atoms with Crippen LogP contribution < -0.4 is 26.8 Å². The van der Waals surface area contributed by atoms with Crippen LogP contribution in [0.3, 0.4) is 0 Å². The summed E-state index contributed by atoms with van der Waals surface area (Å²) in [4.78, 5) is 30.7. The van der Waals surface area contributed by atoms with Crippen molar-refractivity contribution in [1.82, 2.24) is 9.88 Å². The maximum Gasteiger partial charge on any atom is 0.292 e. The normalized spacial score (nSPS) is 14.7. The second kappa shape index (κ2) is 13.0. The maximum atomic E-state index is 14.0. The molecule has 0 saturated carbocycles. The van der Waals surface area contributed by atoms with Gasteiger partial charge in [0.15, 0.2) is 0 Å². The summed E-state index contributed by atoms with van der Waals surface area (Å²) in [5.74, 6) is 0.334. The fourth-order valence-electron chi connectivity index (χ4n) is 4.44. The topological polar surface area (TPSA) is 78.5 Å². The number of halogens is 1. The summed E-state index contributed by atoms with van der Waals surface area (Å²) in [7, 11) is 1.95. The first kappa shape index (κ1) is 28.5. The summed E-state index contributed by atoms with van der Waals surface area (Å²) < 4.78 is 3.66. The summed E-state index contributed by atoms with van der Waals surface area (Å²) >= 11 is 6.48. The van der Waals surface area contributed by atoms with Crippen LogP contribution in [-0.2, 0) is 4.79 Å². The molecule has 7 nitrogen and oxygen atoms in total. The number of pyridine rings is 1. The van der Waals surface area contributed by atoms with Gasteiger partial charge in [0.25, 0.3) is 10.7 Å². The van der Waals surface area contributed by atoms with E-state index in [9.17, 15) is 9.59 Å². The monoisotopic (exact) mass is 554 g/mol. The van der Waals surface area contributed by atoms with Gasteiger partial charge in [-0.1, -0.05) is 56.0 Å². The Hall–Kier alpha value is -4.49. The van der Waals surface area contributed by atoms with Crippen LogP contribution in [0.25, 0.3) is 29.1 Å². The van der Waals surface area contributed by atoms with E-state index in [-0.39, 0.29) is 11.5 Å². The number of aliphatic imine (C=N–C) groups is 1. The van der Waals surface area contributed by atoms with E-state index in [1.807, 2.05) is 74.0 Å².